The van der Waals surface area contributed by atoms with Gasteiger partial charge in [-0.05, 0) is 37.5 Å². The molecule has 0 aliphatic carbocycles. The maximum atomic E-state index is 13.1. The molecule has 6 atom stereocenters. The van der Waals surface area contributed by atoms with Crippen molar-refractivity contribution in [3.63, 3.8) is 0 Å². The first-order valence-corrected chi connectivity index (χ1v) is 41.5. The molecule has 93 heavy (non-hydrogen) atoms. The van der Waals surface area contributed by atoms with Crippen LogP contribution in [0.15, 0.2) is 0 Å². The average Bonchev–Trinajstić information content (AvgIpc) is 3.15. The number of aliphatic hydroxyl groups is 1. The van der Waals surface area contributed by atoms with Crippen molar-refractivity contribution in [2.75, 3.05) is 39.6 Å². The second-order valence-corrected chi connectivity index (χ2v) is 30.3. The first-order chi connectivity index (χ1) is 44.9. The maximum Gasteiger partial charge on any atom is 0.472 e. The summed E-state index contributed by atoms with van der Waals surface area (Å²) in [5.41, 5.74) is 0. The highest BCUT2D eigenvalue weighted by atomic mass is 31.2. The van der Waals surface area contributed by atoms with Crippen molar-refractivity contribution in [3.05, 3.63) is 0 Å². The Kier molecular flexibility index (Phi) is 64.6. The highest BCUT2D eigenvalue weighted by Crippen LogP contribution is 2.45. The molecule has 0 bridgehead atoms. The van der Waals surface area contributed by atoms with E-state index in [0.29, 0.717) is 25.7 Å². The van der Waals surface area contributed by atoms with Crippen LogP contribution in [-0.4, -0.2) is 96.7 Å². The topological polar surface area (TPSA) is 237 Å². The smallest absolute Gasteiger partial charge is 0.462 e. The highest BCUT2D eigenvalue weighted by molar-refractivity contribution is 7.47. The Bertz CT molecular complexity index is 1810. The van der Waals surface area contributed by atoms with E-state index in [9.17, 15) is 43.2 Å². The van der Waals surface area contributed by atoms with Crippen LogP contribution in [0.5, 0.6) is 0 Å². The molecule has 0 aliphatic rings. The predicted molar refractivity (Wildman–Crippen MR) is 377 cm³/mol. The Labute approximate surface area is 568 Å². The van der Waals surface area contributed by atoms with Crippen LogP contribution < -0.4 is 0 Å². The lowest BCUT2D eigenvalue weighted by molar-refractivity contribution is -0.161. The third-order valence-corrected chi connectivity index (χ3v) is 19.5. The van der Waals surface area contributed by atoms with Gasteiger partial charge in [-0.15, -0.1) is 0 Å². The first-order valence-electron chi connectivity index (χ1n) is 38.5. The van der Waals surface area contributed by atoms with Gasteiger partial charge in [-0.25, -0.2) is 9.13 Å². The Morgan fingerprint density at radius 2 is 0.548 bits per heavy atom. The van der Waals surface area contributed by atoms with E-state index in [1.54, 1.807) is 0 Å². The second kappa shape index (κ2) is 66.0. The largest absolute Gasteiger partial charge is 0.472 e. The van der Waals surface area contributed by atoms with Crippen LogP contribution in [0.1, 0.15) is 382 Å². The zero-order valence-electron chi connectivity index (χ0n) is 60.6. The predicted octanol–water partition coefficient (Wildman–Crippen LogP) is 21.6. The van der Waals surface area contributed by atoms with Gasteiger partial charge in [-0.2, -0.15) is 0 Å². The fourth-order valence-electron chi connectivity index (χ4n) is 11.3. The number of ether oxygens (including phenoxy) is 4. The van der Waals surface area contributed by atoms with Crippen LogP contribution in [0.3, 0.4) is 0 Å². The molecule has 3 N–H and O–H groups in total. The van der Waals surface area contributed by atoms with E-state index < -0.39 is 97.5 Å². The molecule has 19 heteroatoms. The summed E-state index contributed by atoms with van der Waals surface area (Å²) < 4.78 is 68.4. The normalized spacial score (nSPS) is 14.3. The third-order valence-electron chi connectivity index (χ3n) is 17.6. The summed E-state index contributed by atoms with van der Waals surface area (Å²) in [6, 6.07) is 0. The number of carbonyl (C=O) groups is 4. The van der Waals surface area contributed by atoms with E-state index >= 15 is 0 Å². The van der Waals surface area contributed by atoms with Crippen molar-refractivity contribution in [2.24, 2.45) is 11.8 Å². The standard InChI is InChI=1S/C74H144O17P2/c1-7-10-12-14-16-18-19-20-21-24-27-33-39-45-51-57-72(77)85-63-70(91-73(78)58-52-46-40-34-28-25-22-23-26-31-36-42-48-54-66(4)5)65-89-93(82,83)87-61-68(75)60-86-92(80,81)88-64-69(62-84-71(76)56-50-44-38-17-15-13-11-8-2)90-74(79)59-53-47-41-35-30-29-32-37-43-49-55-67(6)9-3/h66-70,75H,7-65H2,1-6H3,(H,80,81)(H,82,83)/t67?,68-,69+,70+/m0/s1. The van der Waals surface area contributed by atoms with Crippen LogP contribution in [0.25, 0.3) is 0 Å². The summed E-state index contributed by atoms with van der Waals surface area (Å²) in [6.45, 7) is 9.60. The summed E-state index contributed by atoms with van der Waals surface area (Å²) in [4.78, 5) is 72.7. The molecule has 0 aromatic carbocycles. The van der Waals surface area contributed by atoms with Gasteiger partial charge in [0.2, 0.25) is 0 Å². The zero-order valence-corrected chi connectivity index (χ0v) is 62.3. The average molecular weight is 1370 g/mol. The van der Waals surface area contributed by atoms with Crippen molar-refractivity contribution in [3.8, 4) is 0 Å². The van der Waals surface area contributed by atoms with Gasteiger partial charge in [0.1, 0.15) is 19.3 Å². The fourth-order valence-corrected chi connectivity index (χ4v) is 12.8. The van der Waals surface area contributed by atoms with Crippen molar-refractivity contribution in [2.45, 2.75) is 400 Å². The number of hydrogen-bond donors (Lipinski definition) is 3. The molecule has 0 amide bonds. The van der Waals surface area contributed by atoms with Gasteiger partial charge < -0.3 is 33.8 Å². The molecular weight excluding hydrogens is 1220 g/mol. The molecule has 0 aromatic rings. The highest BCUT2D eigenvalue weighted by Gasteiger charge is 2.30. The number of aliphatic hydroxyl groups excluding tert-OH is 1. The lowest BCUT2D eigenvalue weighted by atomic mass is 9.99. The van der Waals surface area contributed by atoms with Crippen LogP contribution in [-0.2, 0) is 65.4 Å². The van der Waals surface area contributed by atoms with Crippen molar-refractivity contribution in [1.82, 2.24) is 0 Å². The lowest BCUT2D eigenvalue weighted by Crippen LogP contribution is -2.30. The molecule has 0 rings (SSSR count). The van der Waals surface area contributed by atoms with Gasteiger partial charge in [0, 0.05) is 25.7 Å². The molecular formula is C74H144O17P2. The number of phosphoric ester groups is 2. The summed E-state index contributed by atoms with van der Waals surface area (Å²) in [6.07, 6.45) is 52.6. The summed E-state index contributed by atoms with van der Waals surface area (Å²) in [7, 11) is -9.90. The first kappa shape index (κ1) is 91.1. The molecule has 0 heterocycles. The summed E-state index contributed by atoms with van der Waals surface area (Å²) >= 11 is 0. The van der Waals surface area contributed by atoms with Gasteiger partial charge in [0.05, 0.1) is 26.4 Å². The molecule has 0 aliphatic heterocycles. The van der Waals surface area contributed by atoms with Crippen molar-refractivity contribution < 1.29 is 80.2 Å². The quantitative estimate of drug-likeness (QED) is 0.0222. The number of esters is 4. The number of carbonyl (C=O) groups excluding carboxylic acids is 4. The van der Waals surface area contributed by atoms with Crippen LogP contribution in [0.2, 0.25) is 0 Å². The summed E-state index contributed by atoms with van der Waals surface area (Å²) in [5, 5.41) is 10.6. The van der Waals surface area contributed by atoms with E-state index in [4.69, 9.17) is 37.0 Å². The minimum atomic E-state index is -4.95. The minimum Gasteiger partial charge on any atom is -0.462 e. The fraction of sp³-hybridized carbons (Fsp3) is 0.946. The van der Waals surface area contributed by atoms with Crippen LogP contribution in [0, 0.1) is 11.8 Å². The molecule has 3 unspecified atom stereocenters. The van der Waals surface area contributed by atoms with Crippen LogP contribution >= 0.6 is 15.6 Å². The number of phosphoric acid groups is 2. The Balaban J connectivity index is 5.23. The zero-order chi connectivity index (χ0) is 68.6. The minimum absolute atomic E-state index is 0.106. The molecule has 0 fully saturated rings. The SMILES string of the molecule is CCCCCCCCCCCCCCCCCC(=O)OC[C@H](COP(=O)(O)OC[C@@H](O)COP(=O)(O)OC[C@@H](COC(=O)CCCCCCCCCC)OC(=O)CCCCCCCCCCCCC(C)CC)OC(=O)CCCCCCCCCCCCCCCC(C)C. The molecule has 17 nitrogen and oxygen atoms in total. The van der Waals surface area contributed by atoms with Crippen molar-refractivity contribution >= 4 is 39.5 Å². The number of unbranched alkanes of at least 4 members (excludes halogenated alkanes) is 42. The van der Waals surface area contributed by atoms with Gasteiger partial charge in [-0.3, -0.25) is 37.3 Å². The van der Waals surface area contributed by atoms with E-state index in [-0.39, 0.29) is 25.7 Å². The Hall–Kier alpha value is -1.94. The molecule has 0 spiro atoms. The maximum absolute atomic E-state index is 13.1. The van der Waals surface area contributed by atoms with Gasteiger partial charge in [-0.1, -0.05) is 330 Å². The molecule has 0 saturated heterocycles. The van der Waals surface area contributed by atoms with E-state index in [1.807, 2.05) is 0 Å². The van der Waals surface area contributed by atoms with E-state index in [1.165, 1.54) is 193 Å². The Morgan fingerprint density at radius 1 is 0.312 bits per heavy atom. The molecule has 0 saturated carbocycles. The van der Waals surface area contributed by atoms with Gasteiger partial charge in [0.15, 0.2) is 12.2 Å². The molecule has 0 radical (unpaired) electrons. The van der Waals surface area contributed by atoms with Crippen molar-refractivity contribution in [1.29, 1.82) is 0 Å². The van der Waals surface area contributed by atoms with Crippen LogP contribution in [0.4, 0.5) is 0 Å². The van der Waals surface area contributed by atoms with E-state index in [0.717, 1.165) is 108 Å². The van der Waals surface area contributed by atoms with E-state index in [2.05, 4.69) is 41.5 Å². The van der Waals surface area contributed by atoms with Gasteiger partial charge in [0.25, 0.3) is 0 Å². The second-order valence-electron chi connectivity index (χ2n) is 27.4. The monoisotopic (exact) mass is 1370 g/mol. The lowest BCUT2D eigenvalue weighted by Gasteiger charge is -2.21. The molecule has 0 aromatic heterocycles. The summed E-state index contributed by atoms with van der Waals surface area (Å²) in [5.74, 6) is -0.529. The number of hydrogen-bond acceptors (Lipinski definition) is 15. The molecule has 552 valence electrons. The number of rotatable bonds is 73. The Morgan fingerprint density at radius 3 is 0.817 bits per heavy atom. The third kappa shape index (κ3) is 67.0. The van der Waals surface area contributed by atoms with Gasteiger partial charge >= 0.3 is 39.5 Å².